The van der Waals surface area contributed by atoms with E-state index in [9.17, 15) is 4.79 Å². The van der Waals surface area contributed by atoms with Crippen LogP contribution in [0.15, 0.2) is 18.5 Å². The number of carbonyl (C=O) groups is 1. The third-order valence-electron chi connectivity index (χ3n) is 6.25. The molecule has 2 N–H and O–H groups in total. The van der Waals surface area contributed by atoms with Crippen molar-refractivity contribution in [1.29, 1.82) is 0 Å². The Kier molecular flexibility index (Phi) is 8.35. The Balaban J connectivity index is 1.49. The van der Waals surface area contributed by atoms with E-state index >= 15 is 0 Å². The maximum atomic E-state index is 12.9. The fourth-order valence-electron chi connectivity index (χ4n) is 4.29. The molecule has 0 aliphatic carbocycles. The van der Waals surface area contributed by atoms with Gasteiger partial charge in [-0.15, -0.1) is 0 Å². The highest BCUT2D eigenvalue weighted by Gasteiger charge is 2.23. The molecular formula is C23H30Cl2N6O2. The molecule has 2 aliphatic rings. The van der Waals surface area contributed by atoms with Gasteiger partial charge in [0, 0.05) is 38.1 Å². The summed E-state index contributed by atoms with van der Waals surface area (Å²) in [6, 6.07) is 1.71. The average Bonchev–Trinajstić information content (AvgIpc) is 3.05. The van der Waals surface area contributed by atoms with Gasteiger partial charge < -0.3 is 20.3 Å². The van der Waals surface area contributed by atoms with Crippen LogP contribution in [-0.2, 0) is 9.53 Å². The van der Waals surface area contributed by atoms with Crippen LogP contribution in [0.25, 0.3) is 11.3 Å². The van der Waals surface area contributed by atoms with Crippen LogP contribution in [0.1, 0.15) is 32.1 Å². The SMILES string of the molecule is CN1CCCCC(C(=O)Nc2cc(-c3nc(NCC4CCOCC4)cnc3Cl)c(Cl)cn2)C1. The molecular weight excluding hydrogens is 463 g/mol. The Morgan fingerprint density at radius 2 is 1.97 bits per heavy atom. The van der Waals surface area contributed by atoms with Crippen LogP contribution < -0.4 is 10.6 Å². The highest BCUT2D eigenvalue weighted by Crippen LogP contribution is 2.33. The van der Waals surface area contributed by atoms with Crippen molar-refractivity contribution in [3.63, 3.8) is 0 Å². The number of ether oxygens (including phenoxy) is 1. The molecule has 4 rings (SSSR count). The number of likely N-dealkylation sites (tertiary alicyclic amines) is 1. The summed E-state index contributed by atoms with van der Waals surface area (Å²) in [6.45, 7) is 4.14. The molecule has 4 heterocycles. The van der Waals surface area contributed by atoms with Gasteiger partial charge in [0.15, 0.2) is 5.15 Å². The van der Waals surface area contributed by atoms with E-state index in [0.29, 0.717) is 33.8 Å². The van der Waals surface area contributed by atoms with Crippen molar-refractivity contribution in [3.8, 4) is 11.3 Å². The van der Waals surface area contributed by atoms with E-state index in [2.05, 4.69) is 30.5 Å². The molecule has 1 amide bonds. The van der Waals surface area contributed by atoms with Crippen molar-refractivity contribution in [2.24, 2.45) is 11.8 Å². The average molecular weight is 493 g/mol. The van der Waals surface area contributed by atoms with Gasteiger partial charge in [0.25, 0.3) is 0 Å². The molecule has 0 bridgehead atoms. The van der Waals surface area contributed by atoms with Crippen LogP contribution >= 0.6 is 23.2 Å². The summed E-state index contributed by atoms with van der Waals surface area (Å²) in [5, 5.41) is 6.92. The molecule has 2 fully saturated rings. The minimum atomic E-state index is -0.0699. The first-order valence-electron chi connectivity index (χ1n) is 11.5. The fraction of sp³-hybridized carbons (Fsp3) is 0.565. The number of nitrogens with one attached hydrogen (secondary N) is 2. The van der Waals surface area contributed by atoms with Crippen LogP contribution in [0.5, 0.6) is 0 Å². The van der Waals surface area contributed by atoms with Crippen molar-refractivity contribution in [2.75, 3.05) is 50.5 Å². The van der Waals surface area contributed by atoms with Gasteiger partial charge in [0.2, 0.25) is 5.91 Å². The third-order valence-corrected chi connectivity index (χ3v) is 6.83. The molecule has 8 nitrogen and oxygen atoms in total. The lowest BCUT2D eigenvalue weighted by Gasteiger charge is -2.22. The maximum Gasteiger partial charge on any atom is 0.229 e. The lowest BCUT2D eigenvalue weighted by Crippen LogP contribution is -2.32. The predicted octanol–water partition coefficient (Wildman–Crippen LogP) is 4.35. The number of hydrogen-bond acceptors (Lipinski definition) is 7. The van der Waals surface area contributed by atoms with Gasteiger partial charge in [0.05, 0.1) is 17.1 Å². The lowest BCUT2D eigenvalue weighted by molar-refractivity contribution is -0.120. The van der Waals surface area contributed by atoms with Crippen molar-refractivity contribution in [3.05, 3.63) is 28.6 Å². The molecule has 0 spiro atoms. The Labute approximate surface area is 204 Å². The summed E-state index contributed by atoms with van der Waals surface area (Å²) in [5.74, 6) is 1.48. The van der Waals surface area contributed by atoms with E-state index < -0.39 is 0 Å². The highest BCUT2D eigenvalue weighted by atomic mass is 35.5. The second-order valence-corrected chi connectivity index (χ2v) is 9.59. The molecule has 0 radical (unpaired) electrons. The van der Waals surface area contributed by atoms with Crippen LogP contribution in [0.2, 0.25) is 10.2 Å². The number of rotatable bonds is 6. The van der Waals surface area contributed by atoms with E-state index in [-0.39, 0.29) is 17.0 Å². The number of nitrogens with zero attached hydrogens (tertiary/aromatic N) is 4. The first-order valence-corrected chi connectivity index (χ1v) is 12.2. The number of aromatic nitrogens is 3. The van der Waals surface area contributed by atoms with Gasteiger partial charge in [0.1, 0.15) is 17.3 Å². The molecule has 178 valence electrons. The molecule has 0 aromatic carbocycles. The van der Waals surface area contributed by atoms with Crippen LogP contribution in [-0.4, -0.2) is 65.7 Å². The smallest absolute Gasteiger partial charge is 0.229 e. The molecule has 0 saturated carbocycles. The lowest BCUT2D eigenvalue weighted by atomic mass is 10.0. The first kappa shape index (κ1) is 24.1. The molecule has 10 heteroatoms. The van der Waals surface area contributed by atoms with Crippen molar-refractivity contribution in [1.82, 2.24) is 19.9 Å². The number of halogens is 2. The summed E-state index contributed by atoms with van der Waals surface area (Å²) < 4.78 is 5.42. The van der Waals surface area contributed by atoms with Crippen LogP contribution in [0, 0.1) is 11.8 Å². The largest absolute Gasteiger partial charge is 0.381 e. The standard InChI is InChI=1S/C23H30Cl2N6O2/c1-31-7-3-2-4-16(14-31)23(32)30-19-10-17(18(24)12-27-19)21-22(25)28-13-20(29-21)26-11-15-5-8-33-9-6-15/h10,12-13,15-16H,2-9,11,14H2,1H3,(H,26,29)(H,27,30,32). The quantitative estimate of drug-likeness (QED) is 0.618. The van der Waals surface area contributed by atoms with E-state index in [0.717, 1.165) is 65.0 Å². The Hall–Kier alpha value is -2.00. The fourth-order valence-corrected chi connectivity index (χ4v) is 4.68. The molecule has 2 aromatic heterocycles. The number of pyridine rings is 1. The molecule has 2 saturated heterocycles. The third kappa shape index (κ3) is 6.53. The zero-order valence-electron chi connectivity index (χ0n) is 18.8. The number of carbonyl (C=O) groups excluding carboxylic acids is 1. The Morgan fingerprint density at radius 1 is 1.15 bits per heavy atom. The van der Waals surface area contributed by atoms with E-state index in [1.807, 2.05) is 7.05 Å². The molecule has 33 heavy (non-hydrogen) atoms. The van der Waals surface area contributed by atoms with E-state index in [1.54, 1.807) is 12.3 Å². The first-order chi connectivity index (χ1) is 16.0. The summed E-state index contributed by atoms with van der Waals surface area (Å²) in [7, 11) is 2.05. The summed E-state index contributed by atoms with van der Waals surface area (Å²) in [6.07, 6.45) is 8.19. The van der Waals surface area contributed by atoms with E-state index in [1.165, 1.54) is 6.20 Å². The zero-order chi connectivity index (χ0) is 23.2. The minimum Gasteiger partial charge on any atom is -0.381 e. The molecule has 1 atom stereocenters. The Morgan fingerprint density at radius 3 is 2.79 bits per heavy atom. The zero-order valence-corrected chi connectivity index (χ0v) is 20.3. The minimum absolute atomic E-state index is 0.0337. The highest BCUT2D eigenvalue weighted by molar-refractivity contribution is 6.35. The van der Waals surface area contributed by atoms with Gasteiger partial charge in [-0.2, -0.15) is 0 Å². The Bertz CT molecular complexity index is 970. The van der Waals surface area contributed by atoms with Crippen molar-refractivity contribution in [2.45, 2.75) is 32.1 Å². The van der Waals surface area contributed by atoms with Gasteiger partial charge in [-0.1, -0.05) is 29.6 Å². The number of hydrogen-bond donors (Lipinski definition) is 2. The van der Waals surface area contributed by atoms with E-state index in [4.69, 9.17) is 27.9 Å². The van der Waals surface area contributed by atoms with Crippen LogP contribution in [0.3, 0.4) is 0 Å². The summed E-state index contributed by atoms with van der Waals surface area (Å²) in [4.78, 5) is 28.3. The molecule has 2 aromatic rings. The summed E-state index contributed by atoms with van der Waals surface area (Å²) in [5.41, 5.74) is 1.03. The van der Waals surface area contributed by atoms with Crippen molar-refractivity contribution >= 4 is 40.7 Å². The van der Waals surface area contributed by atoms with Gasteiger partial charge in [-0.25, -0.2) is 15.0 Å². The predicted molar refractivity (Wildman–Crippen MR) is 131 cm³/mol. The molecule has 2 aliphatic heterocycles. The molecule has 1 unspecified atom stereocenters. The topological polar surface area (TPSA) is 92.3 Å². The van der Waals surface area contributed by atoms with Crippen molar-refractivity contribution < 1.29 is 9.53 Å². The summed E-state index contributed by atoms with van der Waals surface area (Å²) >= 11 is 12.8. The van der Waals surface area contributed by atoms with Gasteiger partial charge in [-0.05, 0) is 51.3 Å². The normalized spacial score (nSPS) is 20.3. The van der Waals surface area contributed by atoms with Crippen LogP contribution in [0.4, 0.5) is 11.6 Å². The monoisotopic (exact) mass is 492 g/mol. The second-order valence-electron chi connectivity index (χ2n) is 8.82. The second kappa shape index (κ2) is 11.4. The van der Waals surface area contributed by atoms with Gasteiger partial charge in [-0.3, -0.25) is 4.79 Å². The number of amides is 1. The number of anilines is 2. The maximum absolute atomic E-state index is 12.9. The van der Waals surface area contributed by atoms with Gasteiger partial charge >= 0.3 is 0 Å².